The average molecular weight is 379 g/mol. The summed E-state index contributed by atoms with van der Waals surface area (Å²) in [5.74, 6) is 0.594. The van der Waals surface area contributed by atoms with E-state index in [0.717, 1.165) is 34.6 Å². The standard InChI is InChI=1S/C22H16ClFN2O/c23-18-7-3-1-5-16(18)22-26-20(17-6-2-4-8-21(17)27-22)13-19(25-26)14-9-11-15(24)12-10-14/h1-12,20,22H,13H2/t20-,22-/m0/s1. The molecule has 2 aliphatic rings. The van der Waals surface area contributed by atoms with Crippen molar-refractivity contribution in [1.29, 1.82) is 0 Å². The van der Waals surface area contributed by atoms with Gasteiger partial charge in [0.1, 0.15) is 11.6 Å². The Morgan fingerprint density at radius 1 is 0.926 bits per heavy atom. The van der Waals surface area contributed by atoms with E-state index in [1.165, 1.54) is 12.1 Å². The maximum atomic E-state index is 13.3. The van der Waals surface area contributed by atoms with Gasteiger partial charge in [-0.3, -0.25) is 0 Å². The summed E-state index contributed by atoms with van der Waals surface area (Å²) in [6.07, 6.45) is 0.323. The summed E-state index contributed by atoms with van der Waals surface area (Å²) < 4.78 is 19.6. The van der Waals surface area contributed by atoms with Gasteiger partial charge < -0.3 is 4.74 Å². The Bertz CT molecular complexity index is 1030. The molecule has 0 N–H and O–H groups in total. The molecule has 2 aliphatic heterocycles. The topological polar surface area (TPSA) is 24.8 Å². The zero-order valence-electron chi connectivity index (χ0n) is 14.3. The number of halogens is 2. The van der Waals surface area contributed by atoms with Crippen molar-refractivity contribution < 1.29 is 9.13 Å². The molecular formula is C22H16ClFN2O. The number of nitrogens with zero attached hydrogens (tertiary/aromatic N) is 2. The molecule has 0 unspecified atom stereocenters. The fraction of sp³-hybridized carbons (Fsp3) is 0.136. The number of benzene rings is 3. The van der Waals surface area contributed by atoms with Gasteiger partial charge in [0.05, 0.1) is 11.8 Å². The van der Waals surface area contributed by atoms with E-state index in [4.69, 9.17) is 21.4 Å². The number of para-hydroxylation sites is 1. The fourth-order valence-electron chi connectivity index (χ4n) is 3.73. The van der Waals surface area contributed by atoms with E-state index < -0.39 is 6.23 Å². The van der Waals surface area contributed by atoms with Crippen LogP contribution in [0.5, 0.6) is 5.75 Å². The molecule has 5 rings (SSSR count). The van der Waals surface area contributed by atoms with Crippen LogP contribution < -0.4 is 4.74 Å². The lowest BCUT2D eigenvalue weighted by molar-refractivity contribution is -0.0189. The third kappa shape index (κ3) is 2.77. The Morgan fingerprint density at radius 2 is 1.63 bits per heavy atom. The molecular weight excluding hydrogens is 363 g/mol. The summed E-state index contributed by atoms with van der Waals surface area (Å²) in [7, 11) is 0. The highest BCUT2D eigenvalue weighted by Gasteiger charge is 2.41. The van der Waals surface area contributed by atoms with Crippen LogP contribution in [0.4, 0.5) is 4.39 Å². The highest BCUT2D eigenvalue weighted by Crippen LogP contribution is 2.48. The van der Waals surface area contributed by atoms with E-state index >= 15 is 0 Å². The van der Waals surface area contributed by atoms with Crippen molar-refractivity contribution in [3.05, 3.63) is 100 Å². The van der Waals surface area contributed by atoms with Gasteiger partial charge >= 0.3 is 0 Å². The molecule has 27 heavy (non-hydrogen) atoms. The van der Waals surface area contributed by atoms with Crippen molar-refractivity contribution in [2.24, 2.45) is 5.10 Å². The molecule has 3 aromatic carbocycles. The molecule has 0 saturated heterocycles. The zero-order valence-corrected chi connectivity index (χ0v) is 15.1. The van der Waals surface area contributed by atoms with Crippen LogP contribution in [0.2, 0.25) is 5.02 Å². The lowest BCUT2D eigenvalue weighted by atomic mass is 9.96. The number of hydrogen-bond donors (Lipinski definition) is 0. The second-order valence-corrected chi connectivity index (χ2v) is 7.09. The van der Waals surface area contributed by atoms with Gasteiger partial charge in [-0.1, -0.05) is 60.1 Å². The SMILES string of the molecule is Fc1ccc(C2=NN3[C@@H](C2)c2ccccc2O[C@H]3c2ccccc2Cl)cc1. The molecule has 3 aromatic rings. The Morgan fingerprint density at radius 3 is 2.41 bits per heavy atom. The monoisotopic (exact) mass is 378 g/mol. The predicted octanol–water partition coefficient (Wildman–Crippen LogP) is 5.72. The molecule has 0 spiro atoms. The summed E-state index contributed by atoms with van der Waals surface area (Å²) in [4.78, 5) is 0. The molecule has 0 radical (unpaired) electrons. The third-order valence-electron chi connectivity index (χ3n) is 5.05. The predicted molar refractivity (Wildman–Crippen MR) is 103 cm³/mol. The Kier molecular flexibility index (Phi) is 3.87. The van der Waals surface area contributed by atoms with Crippen molar-refractivity contribution in [3.63, 3.8) is 0 Å². The van der Waals surface area contributed by atoms with Crippen LogP contribution in [-0.2, 0) is 0 Å². The number of hydrazone groups is 1. The summed E-state index contributed by atoms with van der Waals surface area (Å²) in [5.41, 5.74) is 3.81. The van der Waals surface area contributed by atoms with Crippen LogP contribution in [0, 0.1) is 5.82 Å². The Balaban J connectivity index is 1.61. The van der Waals surface area contributed by atoms with E-state index in [0.29, 0.717) is 5.02 Å². The van der Waals surface area contributed by atoms with Crippen molar-refractivity contribution in [2.45, 2.75) is 18.7 Å². The van der Waals surface area contributed by atoms with Gasteiger partial charge in [-0.2, -0.15) is 5.10 Å². The van der Waals surface area contributed by atoms with E-state index in [2.05, 4.69) is 6.07 Å². The van der Waals surface area contributed by atoms with Crippen molar-refractivity contribution in [1.82, 2.24) is 5.01 Å². The normalized spacial score (nSPS) is 20.5. The van der Waals surface area contributed by atoms with Crippen molar-refractivity contribution in [2.75, 3.05) is 0 Å². The summed E-state index contributed by atoms with van der Waals surface area (Å²) in [6.45, 7) is 0. The van der Waals surface area contributed by atoms with Gasteiger partial charge in [0.25, 0.3) is 0 Å². The molecule has 2 atom stereocenters. The van der Waals surface area contributed by atoms with E-state index in [1.54, 1.807) is 12.1 Å². The lowest BCUT2D eigenvalue weighted by Crippen LogP contribution is -2.33. The molecule has 5 heteroatoms. The van der Waals surface area contributed by atoms with Crippen molar-refractivity contribution in [3.8, 4) is 5.75 Å². The minimum absolute atomic E-state index is 0.0521. The fourth-order valence-corrected chi connectivity index (χ4v) is 3.96. The first-order valence-corrected chi connectivity index (χ1v) is 9.20. The largest absolute Gasteiger partial charge is 0.464 e. The first-order chi connectivity index (χ1) is 13.2. The van der Waals surface area contributed by atoms with Crippen LogP contribution in [0.25, 0.3) is 0 Å². The number of rotatable bonds is 2. The molecule has 0 aliphatic carbocycles. The lowest BCUT2D eigenvalue weighted by Gasteiger charge is -2.38. The molecule has 0 fully saturated rings. The van der Waals surface area contributed by atoms with Crippen molar-refractivity contribution >= 4 is 17.3 Å². The second kappa shape index (κ2) is 6.39. The smallest absolute Gasteiger partial charge is 0.215 e. The second-order valence-electron chi connectivity index (χ2n) is 6.68. The molecule has 0 saturated carbocycles. The minimum Gasteiger partial charge on any atom is -0.464 e. The molecule has 0 amide bonds. The third-order valence-corrected chi connectivity index (χ3v) is 5.39. The number of fused-ring (bicyclic) bond motifs is 3. The van der Waals surface area contributed by atoms with Crippen LogP contribution in [-0.4, -0.2) is 10.7 Å². The Labute approximate surface area is 161 Å². The van der Waals surface area contributed by atoms with Crippen LogP contribution >= 0.6 is 11.6 Å². The quantitative estimate of drug-likeness (QED) is 0.569. The minimum atomic E-state index is -0.406. The highest BCUT2D eigenvalue weighted by atomic mass is 35.5. The van der Waals surface area contributed by atoms with Crippen LogP contribution in [0.1, 0.15) is 35.4 Å². The molecule has 2 heterocycles. The first-order valence-electron chi connectivity index (χ1n) is 8.82. The van der Waals surface area contributed by atoms with Crippen LogP contribution in [0.15, 0.2) is 77.9 Å². The van der Waals surface area contributed by atoms with Gasteiger partial charge in [-0.15, -0.1) is 0 Å². The maximum Gasteiger partial charge on any atom is 0.215 e. The average Bonchev–Trinajstić information content (AvgIpc) is 3.14. The van der Waals surface area contributed by atoms with Gasteiger partial charge in [0, 0.05) is 22.6 Å². The van der Waals surface area contributed by atoms with Gasteiger partial charge in [0.2, 0.25) is 6.23 Å². The molecule has 0 bridgehead atoms. The van der Waals surface area contributed by atoms with Crippen LogP contribution in [0.3, 0.4) is 0 Å². The van der Waals surface area contributed by atoms with E-state index in [-0.39, 0.29) is 11.9 Å². The summed E-state index contributed by atoms with van der Waals surface area (Å²) in [6, 6.07) is 22.2. The Hall–Kier alpha value is -2.85. The molecule has 134 valence electrons. The van der Waals surface area contributed by atoms with E-state index in [1.807, 2.05) is 47.5 Å². The molecule has 0 aromatic heterocycles. The molecule has 3 nitrogen and oxygen atoms in total. The summed E-state index contributed by atoms with van der Waals surface area (Å²) in [5, 5.41) is 7.47. The highest BCUT2D eigenvalue weighted by molar-refractivity contribution is 6.31. The van der Waals surface area contributed by atoms with Gasteiger partial charge in [0.15, 0.2) is 0 Å². The van der Waals surface area contributed by atoms with Gasteiger partial charge in [-0.05, 0) is 29.8 Å². The van der Waals surface area contributed by atoms with Gasteiger partial charge in [-0.25, -0.2) is 9.40 Å². The van der Waals surface area contributed by atoms with E-state index in [9.17, 15) is 4.39 Å². The maximum absolute atomic E-state index is 13.3. The zero-order chi connectivity index (χ0) is 18.4. The summed E-state index contributed by atoms with van der Waals surface area (Å²) >= 11 is 6.45. The number of ether oxygens (including phenoxy) is 1. The number of hydrogen-bond acceptors (Lipinski definition) is 3. The first kappa shape index (κ1) is 16.3.